The third kappa shape index (κ3) is 2.86. The van der Waals surface area contributed by atoms with Crippen molar-refractivity contribution < 1.29 is 19.4 Å². The van der Waals surface area contributed by atoms with Gasteiger partial charge in [0.1, 0.15) is 0 Å². The molecule has 2 atom stereocenters. The van der Waals surface area contributed by atoms with Crippen LogP contribution in [0.1, 0.15) is 13.3 Å². The molecule has 4 heteroatoms. The molecule has 1 saturated heterocycles. The quantitative estimate of drug-likeness (QED) is 0.629. The second kappa shape index (κ2) is 3.69. The number of hydrogen-bond donors (Lipinski definition) is 1. The van der Waals surface area contributed by atoms with Crippen molar-refractivity contribution in [2.24, 2.45) is 0 Å². The van der Waals surface area contributed by atoms with Gasteiger partial charge in [0.25, 0.3) is 0 Å². The van der Waals surface area contributed by atoms with Crippen molar-refractivity contribution in [3.05, 3.63) is 0 Å². The van der Waals surface area contributed by atoms with E-state index in [1.165, 1.54) is 0 Å². The summed E-state index contributed by atoms with van der Waals surface area (Å²) < 4.78 is 10.4. The topological polar surface area (TPSA) is 55.8 Å². The van der Waals surface area contributed by atoms with Crippen LogP contribution < -0.4 is 0 Å². The molecule has 1 aliphatic heterocycles. The number of rotatable bonds is 2. The lowest BCUT2D eigenvalue weighted by Gasteiger charge is -2.26. The van der Waals surface area contributed by atoms with Crippen molar-refractivity contribution in [3.8, 4) is 0 Å². The Kier molecular flexibility index (Phi) is 2.84. The van der Waals surface area contributed by atoms with Crippen molar-refractivity contribution >= 4 is 5.97 Å². The zero-order valence-corrected chi connectivity index (χ0v) is 6.45. The molecule has 1 aliphatic rings. The van der Waals surface area contributed by atoms with Gasteiger partial charge in [-0.25, -0.2) is 0 Å². The van der Waals surface area contributed by atoms with Gasteiger partial charge in [0.2, 0.25) is 0 Å². The van der Waals surface area contributed by atoms with Gasteiger partial charge in [-0.3, -0.25) is 4.79 Å². The maximum atomic E-state index is 10.2. The zero-order chi connectivity index (χ0) is 8.27. The fourth-order valence-corrected chi connectivity index (χ4v) is 0.952. The van der Waals surface area contributed by atoms with E-state index in [-0.39, 0.29) is 18.6 Å². The van der Waals surface area contributed by atoms with E-state index in [1.807, 2.05) is 6.92 Å². The van der Waals surface area contributed by atoms with Gasteiger partial charge in [0.05, 0.1) is 31.8 Å². The van der Waals surface area contributed by atoms with E-state index in [0.29, 0.717) is 13.2 Å². The van der Waals surface area contributed by atoms with Crippen LogP contribution in [0, 0.1) is 0 Å². The lowest BCUT2D eigenvalue weighted by Crippen LogP contribution is -2.35. The minimum absolute atomic E-state index is 0.0344. The molecule has 0 aromatic carbocycles. The largest absolute Gasteiger partial charge is 0.481 e. The standard InChI is InChI=1S/C7H12O4/c1-5-3-11-6(4-10-5)2-7(8)9/h5-6H,2-4H2,1H3,(H,8,9)/t5-,6+/m1/s1. The fraction of sp³-hybridized carbons (Fsp3) is 0.857. The first-order valence-corrected chi connectivity index (χ1v) is 3.63. The highest BCUT2D eigenvalue weighted by Gasteiger charge is 2.20. The molecule has 0 saturated carbocycles. The summed E-state index contributed by atoms with van der Waals surface area (Å²) in [6.45, 7) is 2.79. The molecule has 64 valence electrons. The molecule has 0 unspecified atom stereocenters. The van der Waals surface area contributed by atoms with Crippen LogP contribution in [-0.2, 0) is 14.3 Å². The maximum Gasteiger partial charge on any atom is 0.306 e. The van der Waals surface area contributed by atoms with Crippen LogP contribution in [0.4, 0.5) is 0 Å². The van der Waals surface area contributed by atoms with Crippen LogP contribution in [0.15, 0.2) is 0 Å². The maximum absolute atomic E-state index is 10.2. The molecule has 0 aromatic rings. The number of ether oxygens (including phenoxy) is 2. The summed E-state index contributed by atoms with van der Waals surface area (Å²) >= 11 is 0. The molecule has 1 N–H and O–H groups in total. The Morgan fingerprint density at radius 2 is 2.27 bits per heavy atom. The molecule has 0 amide bonds. The van der Waals surface area contributed by atoms with Gasteiger partial charge in [-0.05, 0) is 6.92 Å². The Labute approximate surface area is 65.1 Å². The van der Waals surface area contributed by atoms with E-state index in [4.69, 9.17) is 14.6 Å². The SMILES string of the molecule is C[C@@H]1CO[C@@H](CC(=O)O)CO1. The van der Waals surface area contributed by atoms with Crippen LogP contribution in [0.2, 0.25) is 0 Å². The first kappa shape index (κ1) is 8.49. The van der Waals surface area contributed by atoms with Crippen molar-refractivity contribution in [2.75, 3.05) is 13.2 Å². The Bertz CT molecular complexity index is 137. The number of hydrogen-bond acceptors (Lipinski definition) is 3. The molecule has 0 spiro atoms. The van der Waals surface area contributed by atoms with Crippen molar-refractivity contribution in [3.63, 3.8) is 0 Å². The average Bonchev–Trinajstić information content (AvgIpc) is 1.93. The Morgan fingerprint density at radius 1 is 1.55 bits per heavy atom. The molecular formula is C7H12O4. The minimum Gasteiger partial charge on any atom is -0.481 e. The van der Waals surface area contributed by atoms with E-state index in [1.54, 1.807) is 0 Å². The van der Waals surface area contributed by atoms with Gasteiger partial charge in [0, 0.05) is 0 Å². The van der Waals surface area contributed by atoms with E-state index >= 15 is 0 Å². The highest BCUT2D eigenvalue weighted by Crippen LogP contribution is 2.09. The first-order chi connectivity index (χ1) is 5.18. The highest BCUT2D eigenvalue weighted by molar-refractivity contribution is 5.67. The van der Waals surface area contributed by atoms with Crippen LogP contribution >= 0.6 is 0 Å². The van der Waals surface area contributed by atoms with Gasteiger partial charge in [-0.2, -0.15) is 0 Å². The number of carbonyl (C=O) groups is 1. The minimum atomic E-state index is -0.840. The van der Waals surface area contributed by atoms with Crippen LogP contribution in [0.5, 0.6) is 0 Å². The lowest BCUT2D eigenvalue weighted by atomic mass is 10.2. The monoisotopic (exact) mass is 160 g/mol. The summed E-state index contributed by atoms with van der Waals surface area (Å²) in [4.78, 5) is 10.2. The predicted octanol–water partition coefficient (Wildman–Crippen LogP) is 0.265. The normalized spacial score (nSPS) is 31.7. The molecule has 0 aromatic heterocycles. The third-order valence-electron chi connectivity index (χ3n) is 1.54. The molecule has 1 fully saturated rings. The smallest absolute Gasteiger partial charge is 0.306 e. The molecule has 1 heterocycles. The second-order valence-electron chi connectivity index (χ2n) is 2.70. The summed E-state index contributed by atoms with van der Waals surface area (Å²) in [6, 6.07) is 0. The van der Waals surface area contributed by atoms with Crippen molar-refractivity contribution in [1.82, 2.24) is 0 Å². The first-order valence-electron chi connectivity index (χ1n) is 3.63. The lowest BCUT2D eigenvalue weighted by molar-refractivity contribution is -0.154. The second-order valence-corrected chi connectivity index (χ2v) is 2.70. The van der Waals surface area contributed by atoms with Crippen LogP contribution in [-0.4, -0.2) is 36.5 Å². The van der Waals surface area contributed by atoms with Crippen molar-refractivity contribution in [2.45, 2.75) is 25.6 Å². The van der Waals surface area contributed by atoms with E-state index in [0.717, 1.165) is 0 Å². The Morgan fingerprint density at radius 3 is 2.73 bits per heavy atom. The van der Waals surface area contributed by atoms with Crippen LogP contribution in [0.3, 0.4) is 0 Å². The van der Waals surface area contributed by atoms with Gasteiger partial charge >= 0.3 is 5.97 Å². The van der Waals surface area contributed by atoms with Gasteiger partial charge in [-0.15, -0.1) is 0 Å². The summed E-state index contributed by atoms with van der Waals surface area (Å²) in [5.41, 5.74) is 0. The molecular weight excluding hydrogens is 148 g/mol. The summed E-state index contributed by atoms with van der Waals surface area (Å²) in [5.74, 6) is -0.840. The van der Waals surface area contributed by atoms with Gasteiger partial charge < -0.3 is 14.6 Å². The average molecular weight is 160 g/mol. The van der Waals surface area contributed by atoms with E-state index in [2.05, 4.69) is 0 Å². The molecule has 0 aliphatic carbocycles. The number of carboxylic acids is 1. The summed E-state index contributed by atoms with van der Waals surface area (Å²) in [7, 11) is 0. The highest BCUT2D eigenvalue weighted by atomic mass is 16.6. The van der Waals surface area contributed by atoms with Crippen LogP contribution in [0.25, 0.3) is 0 Å². The Hall–Kier alpha value is -0.610. The third-order valence-corrected chi connectivity index (χ3v) is 1.54. The molecule has 1 rings (SSSR count). The molecule has 0 bridgehead atoms. The number of carboxylic acid groups (broad SMARTS) is 1. The fourth-order valence-electron chi connectivity index (χ4n) is 0.952. The van der Waals surface area contributed by atoms with E-state index in [9.17, 15) is 4.79 Å². The Balaban J connectivity index is 2.22. The zero-order valence-electron chi connectivity index (χ0n) is 6.45. The molecule has 4 nitrogen and oxygen atoms in total. The summed E-state index contributed by atoms with van der Waals surface area (Å²) in [5, 5.41) is 8.40. The predicted molar refractivity (Wildman–Crippen MR) is 37.4 cm³/mol. The number of aliphatic carboxylic acids is 1. The van der Waals surface area contributed by atoms with Gasteiger partial charge in [0.15, 0.2) is 0 Å². The van der Waals surface area contributed by atoms with Crippen molar-refractivity contribution in [1.29, 1.82) is 0 Å². The molecule has 0 radical (unpaired) electrons. The molecule has 11 heavy (non-hydrogen) atoms. The van der Waals surface area contributed by atoms with Gasteiger partial charge in [-0.1, -0.05) is 0 Å². The summed E-state index contributed by atoms with van der Waals surface area (Å²) in [6.07, 6.45) is -0.129. The van der Waals surface area contributed by atoms with E-state index < -0.39 is 5.97 Å².